The van der Waals surface area contributed by atoms with Crippen molar-refractivity contribution >= 4 is 24.3 Å². The highest BCUT2D eigenvalue weighted by Gasteiger charge is 2.02. The van der Waals surface area contributed by atoms with Crippen LogP contribution in [0.3, 0.4) is 0 Å². The van der Waals surface area contributed by atoms with Gasteiger partial charge in [-0.15, -0.1) is 0 Å². The Balaban J connectivity index is 1.88. The van der Waals surface area contributed by atoms with Gasteiger partial charge in [0.1, 0.15) is 0 Å². The first-order valence-corrected chi connectivity index (χ1v) is 9.95. The molecule has 3 aromatic rings. The zero-order valence-corrected chi connectivity index (χ0v) is 17.9. The van der Waals surface area contributed by atoms with E-state index in [4.69, 9.17) is 0 Å². The lowest BCUT2D eigenvalue weighted by Gasteiger charge is -2.08. The monoisotopic (exact) mass is 366 g/mol. The number of benzene rings is 3. The molecule has 0 aliphatic heterocycles. The van der Waals surface area contributed by atoms with Gasteiger partial charge in [-0.25, -0.2) is 0 Å². The Hall–Kier alpha value is -2.86. The third kappa shape index (κ3) is 4.70. The molecule has 0 heterocycles. The van der Waals surface area contributed by atoms with Crippen molar-refractivity contribution in [2.75, 3.05) is 0 Å². The van der Waals surface area contributed by atoms with Gasteiger partial charge < -0.3 is 0 Å². The van der Waals surface area contributed by atoms with E-state index in [9.17, 15) is 0 Å². The minimum Gasteiger partial charge on any atom is -0.0590 e. The number of rotatable bonds is 4. The Bertz CT molecular complexity index is 974. The van der Waals surface area contributed by atoms with Crippen LogP contribution in [0.1, 0.15) is 55.6 Å². The summed E-state index contributed by atoms with van der Waals surface area (Å²) in [5, 5.41) is 0. The predicted molar refractivity (Wildman–Crippen MR) is 126 cm³/mol. The van der Waals surface area contributed by atoms with Gasteiger partial charge in [0.15, 0.2) is 0 Å². The van der Waals surface area contributed by atoms with Crippen LogP contribution in [0.25, 0.3) is 24.3 Å². The van der Waals surface area contributed by atoms with Crippen LogP contribution < -0.4 is 0 Å². The van der Waals surface area contributed by atoms with Gasteiger partial charge in [0.2, 0.25) is 0 Å². The SMILES string of the molecule is Cc1ccc(C)c(C=Cc2cc(C)c(C=Cc3cc(C)ccc3C)cc2C)c1. The first kappa shape index (κ1) is 19.9. The van der Waals surface area contributed by atoms with E-state index in [1.807, 2.05) is 0 Å². The minimum atomic E-state index is 1.28. The molecule has 0 unspecified atom stereocenters. The van der Waals surface area contributed by atoms with E-state index in [-0.39, 0.29) is 0 Å². The van der Waals surface area contributed by atoms with E-state index in [0.29, 0.717) is 0 Å². The molecule has 3 aromatic carbocycles. The van der Waals surface area contributed by atoms with Crippen LogP contribution in [0.15, 0.2) is 48.5 Å². The normalized spacial score (nSPS) is 11.6. The number of hydrogen-bond acceptors (Lipinski definition) is 0. The average molecular weight is 367 g/mol. The van der Waals surface area contributed by atoms with Gasteiger partial charge >= 0.3 is 0 Å². The lowest BCUT2D eigenvalue weighted by molar-refractivity contribution is 1.35. The Morgan fingerprint density at radius 2 is 0.714 bits per heavy atom. The summed E-state index contributed by atoms with van der Waals surface area (Å²) in [6.45, 7) is 13.0. The molecular weight excluding hydrogens is 336 g/mol. The fraction of sp³-hybridized carbons (Fsp3) is 0.214. The number of aryl methyl sites for hydroxylation is 6. The smallest absolute Gasteiger partial charge is 0.0224 e. The quantitative estimate of drug-likeness (QED) is 0.412. The zero-order chi connectivity index (χ0) is 20.3. The van der Waals surface area contributed by atoms with Crippen LogP contribution in [0.4, 0.5) is 0 Å². The first-order valence-electron chi connectivity index (χ1n) is 9.95. The Kier molecular flexibility index (Phi) is 5.99. The van der Waals surface area contributed by atoms with Crippen LogP contribution in [-0.2, 0) is 0 Å². The summed E-state index contributed by atoms with van der Waals surface area (Å²) in [4.78, 5) is 0. The Morgan fingerprint density at radius 1 is 0.393 bits per heavy atom. The van der Waals surface area contributed by atoms with Crippen molar-refractivity contribution in [1.82, 2.24) is 0 Å². The number of hydrogen-bond donors (Lipinski definition) is 0. The second-order valence-electron chi connectivity index (χ2n) is 7.95. The highest BCUT2D eigenvalue weighted by molar-refractivity contribution is 5.77. The third-order valence-corrected chi connectivity index (χ3v) is 5.41. The van der Waals surface area contributed by atoms with E-state index in [2.05, 4.69) is 114 Å². The summed E-state index contributed by atoms with van der Waals surface area (Å²) >= 11 is 0. The average Bonchev–Trinajstić information content (AvgIpc) is 2.66. The molecule has 0 atom stereocenters. The van der Waals surface area contributed by atoms with Gasteiger partial charge in [-0.2, -0.15) is 0 Å². The molecule has 0 radical (unpaired) electrons. The maximum absolute atomic E-state index is 2.29. The minimum absolute atomic E-state index is 1.28. The molecule has 0 aliphatic carbocycles. The lowest BCUT2D eigenvalue weighted by atomic mass is 9.97. The molecule has 0 spiro atoms. The predicted octanol–water partition coefficient (Wildman–Crippen LogP) is 7.88. The van der Waals surface area contributed by atoms with Gasteiger partial charge in [-0.05, 0) is 86.1 Å². The van der Waals surface area contributed by atoms with Gasteiger partial charge in [-0.1, -0.05) is 84.0 Å². The maximum Gasteiger partial charge on any atom is -0.0224 e. The molecule has 0 saturated heterocycles. The van der Waals surface area contributed by atoms with E-state index < -0.39 is 0 Å². The van der Waals surface area contributed by atoms with E-state index in [0.717, 1.165) is 0 Å². The highest BCUT2D eigenvalue weighted by atomic mass is 14.1. The fourth-order valence-electron chi connectivity index (χ4n) is 3.46. The summed E-state index contributed by atoms with van der Waals surface area (Å²) in [7, 11) is 0. The maximum atomic E-state index is 2.29. The third-order valence-electron chi connectivity index (χ3n) is 5.41. The molecule has 142 valence electrons. The molecule has 0 aliphatic rings. The van der Waals surface area contributed by atoms with Crippen molar-refractivity contribution in [3.05, 3.63) is 104 Å². The largest absolute Gasteiger partial charge is 0.0590 e. The van der Waals surface area contributed by atoms with Crippen molar-refractivity contribution in [2.45, 2.75) is 41.5 Å². The summed E-state index contributed by atoms with van der Waals surface area (Å²) in [5.41, 5.74) is 12.9. The van der Waals surface area contributed by atoms with Crippen LogP contribution in [0.2, 0.25) is 0 Å². The van der Waals surface area contributed by atoms with Gasteiger partial charge in [-0.3, -0.25) is 0 Å². The molecule has 0 nitrogen and oxygen atoms in total. The molecule has 0 amide bonds. The topological polar surface area (TPSA) is 0 Å². The van der Waals surface area contributed by atoms with Crippen LogP contribution in [-0.4, -0.2) is 0 Å². The fourth-order valence-corrected chi connectivity index (χ4v) is 3.46. The summed E-state index contributed by atoms with van der Waals surface area (Å²) in [6, 6.07) is 17.8. The first-order chi connectivity index (χ1) is 13.3. The van der Waals surface area contributed by atoms with Gasteiger partial charge in [0, 0.05) is 0 Å². The zero-order valence-electron chi connectivity index (χ0n) is 17.9. The molecule has 0 heteroatoms. The molecule has 0 aromatic heterocycles. The molecule has 3 rings (SSSR count). The lowest BCUT2D eigenvalue weighted by Crippen LogP contribution is -1.89. The van der Waals surface area contributed by atoms with E-state index >= 15 is 0 Å². The second-order valence-corrected chi connectivity index (χ2v) is 7.95. The molecule has 0 saturated carbocycles. The van der Waals surface area contributed by atoms with Gasteiger partial charge in [0.05, 0.1) is 0 Å². The van der Waals surface area contributed by atoms with Crippen molar-refractivity contribution in [2.24, 2.45) is 0 Å². The van der Waals surface area contributed by atoms with Gasteiger partial charge in [0.25, 0.3) is 0 Å². The standard InChI is InChI=1S/C28H30/c1-19-7-9-21(3)25(15-19)11-13-27-17-24(6)28(18-23(27)5)14-12-26-16-20(2)8-10-22(26)4/h7-18H,1-6H3. The molecule has 28 heavy (non-hydrogen) atoms. The highest BCUT2D eigenvalue weighted by Crippen LogP contribution is 2.22. The summed E-state index contributed by atoms with van der Waals surface area (Å²) < 4.78 is 0. The molecular formula is C28H30. The van der Waals surface area contributed by atoms with Crippen LogP contribution in [0, 0.1) is 41.5 Å². The Morgan fingerprint density at radius 3 is 1.07 bits per heavy atom. The van der Waals surface area contributed by atoms with Crippen molar-refractivity contribution in [3.63, 3.8) is 0 Å². The van der Waals surface area contributed by atoms with Crippen LogP contribution >= 0.6 is 0 Å². The van der Waals surface area contributed by atoms with Crippen molar-refractivity contribution in [3.8, 4) is 0 Å². The second kappa shape index (κ2) is 8.44. The van der Waals surface area contributed by atoms with Crippen LogP contribution in [0.5, 0.6) is 0 Å². The molecule has 0 N–H and O–H groups in total. The molecule has 0 bridgehead atoms. The van der Waals surface area contributed by atoms with E-state index in [1.165, 1.54) is 55.6 Å². The van der Waals surface area contributed by atoms with Crippen molar-refractivity contribution < 1.29 is 0 Å². The van der Waals surface area contributed by atoms with Crippen molar-refractivity contribution in [1.29, 1.82) is 0 Å². The molecule has 0 fully saturated rings. The summed E-state index contributed by atoms with van der Waals surface area (Å²) in [6.07, 6.45) is 8.94. The van der Waals surface area contributed by atoms with E-state index in [1.54, 1.807) is 0 Å². The Labute approximate surface area is 170 Å². The summed E-state index contributed by atoms with van der Waals surface area (Å²) in [5.74, 6) is 0.